The lowest BCUT2D eigenvalue weighted by molar-refractivity contribution is -0.136. The van der Waals surface area contributed by atoms with Crippen LogP contribution in [0.2, 0.25) is 0 Å². The summed E-state index contributed by atoms with van der Waals surface area (Å²) in [7, 11) is 0.0559. The molecule has 0 aromatic rings. The maximum Gasteiger partial charge on any atom is 0.356 e. The van der Waals surface area contributed by atoms with Crippen molar-refractivity contribution in [3.8, 4) is 0 Å². The number of carbonyl (C=O) groups is 1. The number of aliphatic carboxylic acids is 1. The first kappa shape index (κ1) is 12.3. The van der Waals surface area contributed by atoms with E-state index in [1.807, 2.05) is 0 Å². The van der Waals surface area contributed by atoms with Crippen molar-refractivity contribution in [2.45, 2.75) is 12.2 Å². The normalized spacial score (nSPS) is 21.1. The molecule has 3 nitrogen and oxygen atoms in total. The fraction of sp³-hybridized carbons (Fsp3) is 0.857. The van der Waals surface area contributed by atoms with Crippen LogP contribution in [0, 0.1) is 0 Å². The molecule has 0 radical (unpaired) electrons. The number of ether oxygens (including phenoxy) is 1. The molecule has 1 aliphatic rings. The van der Waals surface area contributed by atoms with E-state index in [0.717, 1.165) is 24.7 Å². The molecule has 1 unspecified atom stereocenters. The minimum absolute atomic E-state index is 0. The molecular weight excluding hydrogens is 244 g/mol. The summed E-state index contributed by atoms with van der Waals surface area (Å²) in [5.74, 6) is 1.18. The molecule has 0 bridgehead atoms. The first-order valence-corrected chi connectivity index (χ1v) is 5.31. The number of halogens is 1. The van der Waals surface area contributed by atoms with Gasteiger partial charge in [-0.2, -0.15) is 0 Å². The SMILES string of the molecule is CC(C(=O)O)[S+]1CCOCC1.[Br-]. The van der Waals surface area contributed by atoms with Crippen LogP contribution in [0.3, 0.4) is 0 Å². The Morgan fingerprint density at radius 3 is 2.42 bits per heavy atom. The van der Waals surface area contributed by atoms with E-state index >= 15 is 0 Å². The van der Waals surface area contributed by atoms with E-state index in [9.17, 15) is 4.79 Å². The Kier molecular flexibility index (Phi) is 5.96. The number of hydrogen-bond donors (Lipinski definition) is 1. The van der Waals surface area contributed by atoms with Crippen molar-refractivity contribution >= 4 is 16.9 Å². The molecule has 1 N–H and O–H groups in total. The highest BCUT2D eigenvalue weighted by Crippen LogP contribution is 2.10. The van der Waals surface area contributed by atoms with E-state index in [4.69, 9.17) is 9.84 Å². The van der Waals surface area contributed by atoms with Crippen LogP contribution < -0.4 is 17.0 Å². The van der Waals surface area contributed by atoms with Crippen molar-refractivity contribution in [3.05, 3.63) is 0 Å². The van der Waals surface area contributed by atoms with Gasteiger partial charge in [0.1, 0.15) is 11.5 Å². The molecule has 5 heteroatoms. The zero-order valence-corrected chi connectivity index (χ0v) is 9.36. The predicted octanol–water partition coefficient (Wildman–Crippen LogP) is -2.89. The molecule has 0 aromatic carbocycles. The fourth-order valence-electron chi connectivity index (χ4n) is 1.03. The van der Waals surface area contributed by atoms with Crippen molar-refractivity contribution in [3.63, 3.8) is 0 Å². The van der Waals surface area contributed by atoms with Crippen molar-refractivity contribution in [1.29, 1.82) is 0 Å². The van der Waals surface area contributed by atoms with Gasteiger partial charge in [-0.15, -0.1) is 0 Å². The monoisotopic (exact) mass is 256 g/mol. The Bertz CT molecular complexity index is 148. The molecule has 1 atom stereocenters. The first-order valence-electron chi connectivity index (χ1n) is 3.68. The van der Waals surface area contributed by atoms with Crippen LogP contribution in [0.1, 0.15) is 6.92 Å². The average Bonchev–Trinajstić information content (AvgIpc) is 2.05. The van der Waals surface area contributed by atoms with Crippen molar-refractivity contribution in [1.82, 2.24) is 0 Å². The summed E-state index contributed by atoms with van der Waals surface area (Å²) in [6, 6.07) is 0. The van der Waals surface area contributed by atoms with Crippen LogP contribution in [-0.4, -0.2) is 41.0 Å². The van der Waals surface area contributed by atoms with E-state index in [-0.39, 0.29) is 33.1 Å². The molecule has 0 aliphatic carbocycles. The lowest BCUT2D eigenvalue weighted by Gasteiger charge is -2.16. The van der Waals surface area contributed by atoms with Gasteiger partial charge >= 0.3 is 5.97 Å². The van der Waals surface area contributed by atoms with E-state index in [0.29, 0.717) is 0 Å². The highest BCUT2D eigenvalue weighted by atomic mass is 79.9. The van der Waals surface area contributed by atoms with Gasteiger partial charge in [0, 0.05) is 10.9 Å². The molecule has 1 heterocycles. The Labute approximate surface area is 85.6 Å². The highest BCUT2D eigenvalue weighted by molar-refractivity contribution is 7.98. The lowest BCUT2D eigenvalue weighted by atomic mass is 10.5. The van der Waals surface area contributed by atoms with E-state index in [2.05, 4.69) is 0 Å². The second-order valence-electron chi connectivity index (χ2n) is 2.54. The summed E-state index contributed by atoms with van der Waals surface area (Å²) in [6.07, 6.45) is 0. The van der Waals surface area contributed by atoms with Crippen LogP contribution in [-0.2, 0) is 20.4 Å². The summed E-state index contributed by atoms with van der Waals surface area (Å²) >= 11 is 0. The van der Waals surface area contributed by atoms with Crippen molar-refractivity contribution in [2.75, 3.05) is 24.7 Å². The Balaban J connectivity index is 0.00000121. The molecule has 0 saturated carbocycles. The van der Waals surface area contributed by atoms with Gasteiger partial charge in [-0.1, -0.05) is 0 Å². The van der Waals surface area contributed by atoms with E-state index < -0.39 is 5.97 Å². The second kappa shape index (κ2) is 5.83. The number of carboxylic acids is 1. The Morgan fingerprint density at radius 2 is 2.00 bits per heavy atom. The molecule has 12 heavy (non-hydrogen) atoms. The standard InChI is InChI=1S/C7H12O3S.BrH/c1-6(7(8)9)11-4-2-10-3-5-11;/h6H,2-5H2,1H3;1H. The molecule has 0 amide bonds. The third kappa shape index (κ3) is 3.33. The highest BCUT2D eigenvalue weighted by Gasteiger charge is 2.33. The number of hydrogen-bond acceptors (Lipinski definition) is 2. The van der Waals surface area contributed by atoms with E-state index in [1.165, 1.54) is 0 Å². The average molecular weight is 257 g/mol. The van der Waals surface area contributed by atoms with E-state index in [1.54, 1.807) is 6.92 Å². The van der Waals surface area contributed by atoms with Crippen molar-refractivity contribution in [2.24, 2.45) is 0 Å². The zero-order chi connectivity index (χ0) is 8.27. The van der Waals surface area contributed by atoms with Gasteiger partial charge in [-0.3, -0.25) is 0 Å². The molecule has 1 fully saturated rings. The van der Waals surface area contributed by atoms with Gasteiger partial charge in [0.05, 0.1) is 13.2 Å². The molecule has 72 valence electrons. The lowest BCUT2D eigenvalue weighted by Crippen LogP contribution is -3.00. The van der Waals surface area contributed by atoms with Gasteiger partial charge in [0.25, 0.3) is 0 Å². The summed E-state index contributed by atoms with van der Waals surface area (Å²) < 4.78 is 5.14. The van der Waals surface area contributed by atoms with Gasteiger partial charge in [0.15, 0.2) is 0 Å². The summed E-state index contributed by atoms with van der Waals surface area (Å²) in [5.41, 5.74) is 0. The smallest absolute Gasteiger partial charge is 0.356 e. The number of rotatable bonds is 2. The summed E-state index contributed by atoms with van der Waals surface area (Å²) in [6.45, 7) is 3.26. The van der Waals surface area contributed by atoms with Crippen LogP contribution in [0.25, 0.3) is 0 Å². The predicted molar refractivity (Wildman–Crippen MR) is 45.0 cm³/mol. The number of carboxylic acid groups (broad SMARTS) is 1. The van der Waals surface area contributed by atoms with Gasteiger partial charge in [-0.25, -0.2) is 4.79 Å². The molecule has 0 spiro atoms. The minimum atomic E-state index is -0.671. The van der Waals surface area contributed by atoms with Crippen molar-refractivity contribution < 1.29 is 31.6 Å². The van der Waals surface area contributed by atoms with Crippen LogP contribution in [0.4, 0.5) is 0 Å². The minimum Gasteiger partial charge on any atom is -1.00 e. The molecule has 1 aliphatic heterocycles. The van der Waals surface area contributed by atoms with Crippen LogP contribution in [0.5, 0.6) is 0 Å². The fourth-order valence-corrected chi connectivity index (χ4v) is 2.89. The topological polar surface area (TPSA) is 46.5 Å². The second-order valence-corrected chi connectivity index (χ2v) is 5.14. The summed E-state index contributed by atoms with van der Waals surface area (Å²) in [5, 5.41) is 8.52. The van der Waals surface area contributed by atoms with Crippen LogP contribution >= 0.6 is 0 Å². The third-order valence-electron chi connectivity index (χ3n) is 1.83. The van der Waals surface area contributed by atoms with Gasteiger partial charge < -0.3 is 26.8 Å². The molecule has 1 saturated heterocycles. The Hall–Kier alpha value is 0.260. The largest absolute Gasteiger partial charge is 1.00 e. The quantitative estimate of drug-likeness (QED) is 0.540. The zero-order valence-electron chi connectivity index (χ0n) is 6.96. The first-order chi connectivity index (χ1) is 5.22. The van der Waals surface area contributed by atoms with Gasteiger partial charge in [-0.05, 0) is 6.92 Å². The molecule has 1 rings (SSSR count). The maximum atomic E-state index is 10.6. The molecule has 0 aromatic heterocycles. The maximum absolute atomic E-state index is 10.6. The summed E-state index contributed by atoms with van der Waals surface area (Å²) in [4.78, 5) is 10.6. The van der Waals surface area contributed by atoms with Gasteiger partial charge in [0.2, 0.25) is 5.25 Å². The Morgan fingerprint density at radius 1 is 1.50 bits per heavy atom. The van der Waals surface area contributed by atoms with Crippen LogP contribution in [0.15, 0.2) is 0 Å². The third-order valence-corrected chi connectivity index (χ3v) is 4.41. The molecular formula is C7H13BrO3S.